The summed E-state index contributed by atoms with van der Waals surface area (Å²) in [7, 11) is 0. The molecule has 0 aliphatic carbocycles. The van der Waals surface area contributed by atoms with Crippen LogP contribution < -0.4 is 21.3 Å². The zero-order chi connectivity index (χ0) is 27.6. The van der Waals surface area contributed by atoms with E-state index in [4.69, 9.17) is 5.73 Å². The molecule has 8 nitrogen and oxygen atoms in total. The molecular formula is C30H35FN6O2. The second-order valence-electron chi connectivity index (χ2n) is 10.5. The molecule has 0 radical (unpaired) electrons. The highest BCUT2D eigenvalue weighted by atomic mass is 19.1. The number of hydrogen-bond donors (Lipinski definition) is 3. The Morgan fingerprint density at radius 3 is 2.31 bits per heavy atom. The minimum absolute atomic E-state index is 0.163. The number of benzene rings is 2. The lowest BCUT2D eigenvalue weighted by Crippen LogP contribution is -2.43. The van der Waals surface area contributed by atoms with E-state index in [0.717, 1.165) is 43.1 Å². The van der Waals surface area contributed by atoms with Crippen LogP contribution in [0.5, 0.6) is 0 Å². The summed E-state index contributed by atoms with van der Waals surface area (Å²) in [6.45, 7) is 7.96. The number of alkyl halides is 1. The third-order valence-corrected chi connectivity index (χ3v) is 7.77. The average molecular weight is 531 g/mol. The number of rotatable bonds is 5. The van der Waals surface area contributed by atoms with Gasteiger partial charge >= 0.3 is 0 Å². The van der Waals surface area contributed by atoms with Crippen molar-refractivity contribution in [2.75, 3.05) is 55.2 Å². The van der Waals surface area contributed by atoms with Gasteiger partial charge in [-0.25, -0.2) is 9.37 Å². The van der Waals surface area contributed by atoms with Crippen molar-refractivity contribution < 1.29 is 14.0 Å². The van der Waals surface area contributed by atoms with Crippen molar-refractivity contribution in [1.29, 1.82) is 0 Å². The van der Waals surface area contributed by atoms with Gasteiger partial charge in [-0.3, -0.25) is 9.59 Å². The Hall–Kier alpha value is -3.98. The molecule has 3 heterocycles. The Bertz CT molecular complexity index is 1350. The average Bonchev–Trinajstić information content (AvgIpc) is 2.95. The number of amides is 2. The summed E-state index contributed by atoms with van der Waals surface area (Å²) < 4.78 is 15.7. The van der Waals surface area contributed by atoms with Crippen molar-refractivity contribution >= 4 is 29.0 Å². The van der Waals surface area contributed by atoms with E-state index in [0.29, 0.717) is 41.2 Å². The topological polar surface area (TPSA) is 104 Å². The lowest BCUT2D eigenvalue weighted by atomic mass is 9.86. The van der Waals surface area contributed by atoms with Gasteiger partial charge in [0.05, 0.1) is 5.56 Å². The molecule has 2 saturated heterocycles. The van der Waals surface area contributed by atoms with Crippen molar-refractivity contribution in [3.05, 3.63) is 82.5 Å². The predicted octanol–water partition coefficient (Wildman–Crippen LogP) is 4.04. The molecule has 0 spiro atoms. The van der Waals surface area contributed by atoms with E-state index in [9.17, 15) is 9.59 Å². The summed E-state index contributed by atoms with van der Waals surface area (Å²) in [5.74, 6) is 0.399. The van der Waals surface area contributed by atoms with E-state index in [1.54, 1.807) is 47.5 Å². The van der Waals surface area contributed by atoms with Gasteiger partial charge < -0.3 is 26.2 Å². The van der Waals surface area contributed by atoms with Crippen LogP contribution in [0.3, 0.4) is 0 Å². The van der Waals surface area contributed by atoms with Crippen molar-refractivity contribution in [2.24, 2.45) is 0 Å². The van der Waals surface area contributed by atoms with Gasteiger partial charge in [-0.1, -0.05) is 18.2 Å². The fraction of sp³-hybridized carbons (Fsp3) is 0.367. The highest BCUT2D eigenvalue weighted by Crippen LogP contribution is 2.38. The van der Waals surface area contributed by atoms with Crippen LogP contribution in [0.2, 0.25) is 0 Å². The van der Waals surface area contributed by atoms with Crippen LogP contribution in [0.25, 0.3) is 0 Å². The van der Waals surface area contributed by atoms with Gasteiger partial charge in [-0.2, -0.15) is 0 Å². The summed E-state index contributed by atoms with van der Waals surface area (Å²) in [5, 5.41) is 6.26. The smallest absolute Gasteiger partial charge is 0.257 e. The number of halogens is 1. The molecule has 204 valence electrons. The monoisotopic (exact) mass is 530 g/mol. The van der Waals surface area contributed by atoms with Gasteiger partial charge in [0, 0.05) is 75.2 Å². The van der Waals surface area contributed by atoms with Crippen LogP contribution in [0.15, 0.2) is 54.7 Å². The summed E-state index contributed by atoms with van der Waals surface area (Å²) in [5.41, 5.74) is 8.63. The molecule has 2 amide bonds. The zero-order valence-corrected chi connectivity index (χ0v) is 22.5. The minimum atomic E-state index is -1.49. The molecule has 9 heteroatoms. The van der Waals surface area contributed by atoms with Gasteiger partial charge in [0.25, 0.3) is 11.8 Å². The maximum absolute atomic E-state index is 15.7. The van der Waals surface area contributed by atoms with Crippen LogP contribution >= 0.6 is 0 Å². The highest BCUT2D eigenvalue weighted by Gasteiger charge is 2.38. The molecule has 0 bridgehead atoms. The first-order chi connectivity index (χ1) is 18.7. The number of carbonyl (C=O) groups excluding carboxylic acids is 2. The number of nitrogens with one attached hydrogen (secondary N) is 2. The predicted molar refractivity (Wildman–Crippen MR) is 152 cm³/mol. The maximum Gasteiger partial charge on any atom is 0.257 e. The summed E-state index contributed by atoms with van der Waals surface area (Å²) in [6.07, 6.45) is 2.02. The molecule has 0 unspecified atom stereocenters. The van der Waals surface area contributed by atoms with Gasteiger partial charge in [-0.05, 0) is 60.9 Å². The highest BCUT2D eigenvalue weighted by molar-refractivity contribution is 6.05. The van der Waals surface area contributed by atoms with Crippen LogP contribution in [-0.4, -0.2) is 61.0 Å². The molecule has 0 saturated carbocycles. The molecule has 0 atom stereocenters. The van der Waals surface area contributed by atoms with E-state index >= 15 is 4.39 Å². The normalized spacial score (nSPS) is 17.1. The first kappa shape index (κ1) is 26.6. The Labute approximate surface area is 228 Å². The van der Waals surface area contributed by atoms with E-state index in [2.05, 4.69) is 20.5 Å². The number of likely N-dealkylation sites (tertiary alicyclic amines) is 1. The van der Waals surface area contributed by atoms with Gasteiger partial charge in [-0.15, -0.1) is 0 Å². The van der Waals surface area contributed by atoms with Crippen LogP contribution in [-0.2, 0) is 5.67 Å². The van der Waals surface area contributed by atoms with E-state index in [1.165, 1.54) is 0 Å². The molecule has 1 aromatic heterocycles. The standard InChI is InChI=1S/C30H35FN6O2/c1-20-17-21(2)26(35-28(38)22-3-8-27(34-19-22)36-15-11-33-12-16-36)18-25(20)29(39)37-13-9-30(31,10-14-37)23-4-6-24(32)7-5-23/h3-8,17-19,33H,9-16,32H2,1-2H3,(H,35,38). The third kappa shape index (κ3) is 5.73. The number of aromatic nitrogens is 1. The van der Waals surface area contributed by atoms with Crippen LogP contribution in [0.1, 0.15) is 50.2 Å². The van der Waals surface area contributed by atoms with Crippen LogP contribution in [0.4, 0.5) is 21.6 Å². The fourth-order valence-electron chi connectivity index (χ4n) is 5.32. The number of piperazine rings is 1. The van der Waals surface area contributed by atoms with Crippen molar-refractivity contribution in [2.45, 2.75) is 32.4 Å². The number of hydrogen-bond acceptors (Lipinski definition) is 6. The van der Waals surface area contributed by atoms with Gasteiger partial charge in [0.2, 0.25) is 0 Å². The zero-order valence-electron chi connectivity index (χ0n) is 22.5. The summed E-state index contributed by atoms with van der Waals surface area (Å²) >= 11 is 0. The molecule has 3 aromatic rings. The number of nitrogens with two attached hydrogens (primary N) is 1. The number of anilines is 3. The maximum atomic E-state index is 15.7. The van der Waals surface area contributed by atoms with Gasteiger partial charge in [0.15, 0.2) is 0 Å². The lowest BCUT2D eigenvalue weighted by molar-refractivity contribution is 0.0421. The number of nitrogen functional groups attached to an aromatic ring is 1. The minimum Gasteiger partial charge on any atom is -0.399 e. The largest absolute Gasteiger partial charge is 0.399 e. The molecule has 2 aliphatic heterocycles. The third-order valence-electron chi connectivity index (χ3n) is 7.77. The molecular weight excluding hydrogens is 495 g/mol. The Balaban J connectivity index is 1.26. The second-order valence-corrected chi connectivity index (χ2v) is 10.5. The number of pyridine rings is 1. The number of piperidine rings is 1. The van der Waals surface area contributed by atoms with Gasteiger partial charge in [0.1, 0.15) is 11.5 Å². The SMILES string of the molecule is Cc1cc(C)c(C(=O)N2CCC(F)(c3ccc(N)cc3)CC2)cc1NC(=O)c1ccc(N2CCNCC2)nc1. The van der Waals surface area contributed by atoms with Crippen LogP contribution in [0, 0.1) is 13.8 Å². The quantitative estimate of drug-likeness (QED) is 0.430. The Morgan fingerprint density at radius 2 is 1.67 bits per heavy atom. The number of aryl methyl sites for hydroxylation is 2. The number of carbonyl (C=O) groups is 2. The Kier molecular flexibility index (Phi) is 7.52. The molecule has 2 aliphatic rings. The van der Waals surface area contributed by atoms with Crippen molar-refractivity contribution in [1.82, 2.24) is 15.2 Å². The van der Waals surface area contributed by atoms with Crippen molar-refractivity contribution in [3.63, 3.8) is 0 Å². The van der Waals surface area contributed by atoms with E-state index < -0.39 is 5.67 Å². The molecule has 5 rings (SSSR count). The van der Waals surface area contributed by atoms with E-state index in [1.807, 2.05) is 26.0 Å². The summed E-state index contributed by atoms with van der Waals surface area (Å²) in [6, 6.07) is 14.1. The van der Waals surface area contributed by atoms with Crippen molar-refractivity contribution in [3.8, 4) is 0 Å². The molecule has 2 fully saturated rings. The second kappa shape index (κ2) is 11.0. The van der Waals surface area contributed by atoms with E-state index in [-0.39, 0.29) is 24.7 Å². The lowest BCUT2D eigenvalue weighted by Gasteiger charge is -2.37. The molecule has 39 heavy (non-hydrogen) atoms. The fourth-order valence-corrected chi connectivity index (χ4v) is 5.32. The number of nitrogens with zero attached hydrogens (tertiary/aromatic N) is 3. The molecule has 2 aromatic carbocycles. The summed E-state index contributed by atoms with van der Waals surface area (Å²) in [4.78, 5) is 34.9. The molecule has 4 N–H and O–H groups in total. The Morgan fingerprint density at radius 1 is 0.974 bits per heavy atom. The first-order valence-corrected chi connectivity index (χ1v) is 13.4. The first-order valence-electron chi connectivity index (χ1n) is 13.4.